The minimum atomic E-state index is -0.227. The summed E-state index contributed by atoms with van der Waals surface area (Å²) < 4.78 is 18.9. The number of rotatable bonds is 1. The molecule has 0 radical (unpaired) electrons. The van der Waals surface area contributed by atoms with Crippen LogP contribution in [0.2, 0.25) is 0 Å². The van der Waals surface area contributed by atoms with E-state index in [-0.39, 0.29) is 11.9 Å². The summed E-state index contributed by atoms with van der Waals surface area (Å²) in [6.07, 6.45) is 1.25. The van der Waals surface area contributed by atoms with Gasteiger partial charge in [0.15, 0.2) is 0 Å². The van der Waals surface area contributed by atoms with E-state index in [0.29, 0.717) is 17.9 Å². The summed E-state index contributed by atoms with van der Waals surface area (Å²) in [5.74, 6) is 0.374. The van der Waals surface area contributed by atoms with Crippen molar-refractivity contribution in [1.82, 2.24) is 0 Å². The molecule has 1 aliphatic heterocycles. The maximum atomic E-state index is 13.4. The van der Waals surface area contributed by atoms with E-state index in [1.807, 2.05) is 13.0 Å². The lowest BCUT2D eigenvalue weighted by Crippen LogP contribution is -2.39. The van der Waals surface area contributed by atoms with Crippen LogP contribution in [0.1, 0.15) is 39.7 Å². The molecule has 1 heterocycles. The van der Waals surface area contributed by atoms with Gasteiger partial charge in [-0.1, -0.05) is 26.8 Å². The SMILES string of the molecule is C=C(C)N1c2cc(C)c(F)cc2OCC1C.CCC. The second-order valence-electron chi connectivity index (χ2n) is 5.04. The highest BCUT2D eigenvalue weighted by molar-refractivity contribution is 5.65. The first kappa shape index (κ1) is 15.5. The van der Waals surface area contributed by atoms with Gasteiger partial charge in [-0.3, -0.25) is 0 Å². The summed E-state index contributed by atoms with van der Waals surface area (Å²) in [4.78, 5) is 2.09. The molecule has 3 heteroatoms. The molecule has 0 aromatic heterocycles. The Bertz CT molecular complexity index is 456. The first-order valence-electron chi connectivity index (χ1n) is 6.80. The van der Waals surface area contributed by atoms with Crippen LogP contribution in [0.5, 0.6) is 5.75 Å². The standard InChI is InChI=1S/C13H16FNO.C3H8/c1-8(2)15-10(4)7-16-13-6-11(14)9(3)5-12(13)15;1-3-2/h5-6,10H,1,7H2,2-4H3;3H2,1-2H3. The van der Waals surface area contributed by atoms with Crippen molar-refractivity contribution in [3.05, 3.63) is 35.8 Å². The fourth-order valence-electron chi connectivity index (χ4n) is 2.06. The Balaban J connectivity index is 0.000000550. The summed E-state index contributed by atoms with van der Waals surface area (Å²) in [7, 11) is 0. The summed E-state index contributed by atoms with van der Waals surface area (Å²) in [5.41, 5.74) is 2.48. The van der Waals surface area contributed by atoms with Gasteiger partial charge in [0, 0.05) is 11.8 Å². The van der Waals surface area contributed by atoms with Crippen molar-refractivity contribution >= 4 is 5.69 Å². The van der Waals surface area contributed by atoms with Crippen LogP contribution in [0, 0.1) is 12.7 Å². The molecule has 2 rings (SSSR count). The molecule has 19 heavy (non-hydrogen) atoms. The van der Waals surface area contributed by atoms with Crippen molar-refractivity contribution < 1.29 is 9.13 Å². The lowest BCUT2D eigenvalue weighted by Gasteiger charge is -2.37. The van der Waals surface area contributed by atoms with Gasteiger partial charge in [-0.25, -0.2) is 4.39 Å². The van der Waals surface area contributed by atoms with E-state index in [0.717, 1.165) is 11.4 Å². The molecule has 0 saturated heterocycles. The second-order valence-corrected chi connectivity index (χ2v) is 5.04. The van der Waals surface area contributed by atoms with Crippen LogP contribution in [0.3, 0.4) is 0 Å². The van der Waals surface area contributed by atoms with E-state index in [9.17, 15) is 4.39 Å². The number of halogens is 1. The topological polar surface area (TPSA) is 12.5 Å². The fourth-order valence-corrected chi connectivity index (χ4v) is 2.06. The van der Waals surface area contributed by atoms with Crippen LogP contribution in [-0.4, -0.2) is 12.6 Å². The monoisotopic (exact) mass is 265 g/mol. The van der Waals surface area contributed by atoms with Gasteiger partial charge in [0.25, 0.3) is 0 Å². The molecular formula is C16H24FNO. The number of fused-ring (bicyclic) bond motifs is 1. The molecule has 1 aromatic carbocycles. The normalized spacial score (nSPS) is 16.9. The Labute approximate surface area is 115 Å². The molecule has 2 nitrogen and oxygen atoms in total. The largest absolute Gasteiger partial charge is 0.489 e. The average molecular weight is 265 g/mol. The first-order valence-corrected chi connectivity index (χ1v) is 6.80. The number of nitrogens with zero attached hydrogens (tertiary/aromatic N) is 1. The molecule has 0 N–H and O–H groups in total. The molecule has 106 valence electrons. The zero-order chi connectivity index (χ0) is 14.6. The Morgan fingerprint density at radius 1 is 1.47 bits per heavy atom. The Kier molecular flexibility index (Phi) is 5.40. The zero-order valence-electron chi connectivity index (χ0n) is 12.6. The van der Waals surface area contributed by atoms with Crippen molar-refractivity contribution in [2.75, 3.05) is 11.5 Å². The third-order valence-corrected chi connectivity index (χ3v) is 2.83. The van der Waals surface area contributed by atoms with Crippen LogP contribution in [-0.2, 0) is 0 Å². The number of aryl methyl sites for hydroxylation is 1. The van der Waals surface area contributed by atoms with Gasteiger partial charge in [-0.15, -0.1) is 0 Å². The maximum Gasteiger partial charge on any atom is 0.145 e. The van der Waals surface area contributed by atoms with Crippen molar-refractivity contribution in [1.29, 1.82) is 0 Å². The number of benzene rings is 1. The number of anilines is 1. The van der Waals surface area contributed by atoms with E-state index < -0.39 is 0 Å². The molecule has 1 unspecified atom stereocenters. The molecule has 0 bridgehead atoms. The third-order valence-electron chi connectivity index (χ3n) is 2.83. The van der Waals surface area contributed by atoms with Crippen molar-refractivity contribution in [3.8, 4) is 5.75 Å². The van der Waals surface area contributed by atoms with E-state index >= 15 is 0 Å². The molecule has 1 aromatic rings. The second kappa shape index (κ2) is 6.60. The van der Waals surface area contributed by atoms with Crippen LogP contribution in [0.25, 0.3) is 0 Å². The van der Waals surface area contributed by atoms with Gasteiger partial charge in [0.1, 0.15) is 18.2 Å². The lowest BCUT2D eigenvalue weighted by atomic mass is 10.1. The molecule has 0 fully saturated rings. The van der Waals surface area contributed by atoms with Gasteiger partial charge in [-0.05, 0) is 32.4 Å². The van der Waals surface area contributed by atoms with Crippen molar-refractivity contribution in [2.45, 2.75) is 47.1 Å². The van der Waals surface area contributed by atoms with E-state index in [2.05, 4.69) is 32.3 Å². The molecule has 0 aliphatic carbocycles. The zero-order valence-corrected chi connectivity index (χ0v) is 12.6. The summed E-state index contributed by atoms with van der Waals surface area (Å²) in [6, 6.07) is 3.50. The average Bonchev–Trinajstić information content (AvgIpc) is 2.31. The number of allylic oxidation sites excluding steroid dienone is 1. The van der Waals surface area contributed by atoms with Gasteiger partial charge in [-0.2, -0.15) is 0 Å². The van der Waals surface area contributed by atoms with Crippen LogP contribution in [0.4, 0.5) is 10.1 Å². The van der Waals surface area contributed by atoms with Crippen molar-refractivity contribution in [3.63, 3.8) is 0 Å². The first-order chi connectivity index (χ1) is 8.92. The molecule has 0 saturated carbocycles. The summed E-state index contributed by atoms with van der Waals surface area (Å²) in [5, 5.41) is 0. The summed E-state index contributed by atoms with van der Waals surface area (Å²) in [6.45, 7) is 14.5. The molecule has 0 spiro atoms. The minimum absolute atomic E-state index is 0.227. The molecular weight excluding hydrogens is 241 g/mol. The highest BCUT2D eigenvalue weighted by Gasteiger charge is 2.25. The molecule has 1 aliphatic rings. The molecule has 1 atom stereocenters. The van der Waals surface area contributed by atoms with Gasteiger partial charge >= 0.3 is 0 Å². The summed E-state index contributed by atoms with van der Waals surface area (Å²) >= 11 is 0. The quantitative estimate of drug-likeness (QED) is 0.731. The Morgan fingerprint density at radius 3 is 2.58 bits per heavy atom. The Morgan fingerprint density at radius 2 is 2.05 bits per heavy atom. The molecule has 0 amide bonds. The highest BCUT2D eigenvalue weighted by Crippen LogP contribution is 2.37. The van der Waals surface area contributed by atoms with E-state index in [1.54, 1.807) is 6.92 Å². The number of hydrogen-bond donors (Lipinski definition) is 0. The lowest BCUT2D eigenvalue weighted by molar-refractivity contribution is 0.274. The third kappa shape index (κ3) is 3.49. The van der Waals surface area contributed by atoms with Gasteiger partial charge < -0.3 is 9.64 Å². The minimum Gasteiger partial charge on any atom is -0.489 e. The number of hydrogen-bond acceptors (Lipinski definition) is 2. The van der Waals surface area contributed by atoms with Gasteiger partial charge in [0.2, 0.25) is 0 Å². The number of ether oxygens (including phenoxy) is 1. The van der Waals surface area contributed by atoms with E-state index in [4.69, 9.17) is 4.74 Å². The van der Waals surface area contributed by atoms with Gasteiger partial charge in [0.05, 0.1) is 11.7 Å². The predicted molar refractivity (Wildman–Crippen MR) is 79.4 cm³/mol. The fraction of sp³-hybridized carbons (Fsp3) is 0.500. The van der Waals surface area contributed by atoms with Crippen molar-refractivity contribution in [2.24, 2.45) is 0 Å². The van der Waals surface area contributed by atoms with Crippen LogP contribution in [0.15, 0.2) is 24.4 Å². The highest BCUT2D eigenvalue weighted by atomic mass is 19.1. The predicted octanol–water partition coefficient (Wildman–Crippen LogP) is 4.67. The van der Waals surface area contributed by atoms with Crippen LogP contribution < -0.4 is 9.64 Å². The maximum absolute atomic E-state index is 13.4. The van der Waals surface area contributed by atoms with Crippen LogP contribution >= 0.6 is 0 Å². The smallest absolute Gasteiger partial charge is 0.145 e. The van der Waals surface area contributed by atoms with E-state index in [1.165, 1.54) is 12.5 Å². The Hall–Kier alpha value is -1.51.